The fourth-order valence-electron chi connectivity index (χ4n) is 2.16. The van der Waals surface area contributed by atoms with Crippen molar-refractivity contribution in [1.82, 2.24) is 9.71 Å². The molecule has 0 aliphatic heterocycles. The average molecular weight is 283 g/mol. The molecule has 0 saturated heterocycles. The quantitative estimate of drug-likeness (QED) is 0.792. The minimum atomic E-state index is -3.52. The third-order valence-electron chi connectivity index (χ3n) is 3.46. The van der Waals surface area contributed by atoms with E-state index in [-0.39, 0.29) is 17.5 Å². The minimum absolute atomic E-state index is 0.00308. The third-order valence-corrected chi connectivity index (χ3v) is 5.06. The SMILES string of the molecule is CCC(CC1CC1)NS(=O)(=O)c1cccnc1CN. The summed E-state index contributed by atoms with van der Waals surface area (Å²) in [6.07, 6.45) is 5.73. The second kappa shape index (κ2) is 5.98. The molecule has 0 spiro atoms. The highest BCUT2D eigenvalue weighted by atomic mass is 32.2. The third kappa shape index (κ3) is 3.75. The Hall–Kier alpha value is -0.980. The molecule has 1 aliphatic rings. The van der Waals surface area contributed by atoms with E-state index >= 15 is 0 Å². The lowest BCUT2D eigenvalue weighted by Gasteiger charge is -2.17. The number of hydrogen-bond acceptors (Lipinski definition) is 4. The van der Waals surface area contributed by atoms with Crippen LogP contribution in [-0.4, -0.2) is 19.4 Å². The summed E-state index contributed by atoms with van der Waals surface area (Å²) < 4.78 is 27.5. The van der Waals surface area contributed by atoms with E-state index in [1.807, 2.05) is 6.92 Å². The lowest BCUT2D eigenvalue weighted by Crippen LogP contribution is -2.35. The zero-order valence-corrected chi connectivity index (χ0v) is 12.0. The number of nitrogens with two attached hydrogens (primary N) is 1. The van der Waals surface area contributed by atoms with E-state index in [2.05, 4.69) is 9.71 Å². The zero-order chi connectivity index (χ0) is 13.9. The Morgan fingerprint density at radius 3 is 2.84 bits per heavy atom. The summed E-state index contributed by atoms with van der Waals surface area (Å²) in [4.78, 5) is 4.23. The van der Waals surface area contributed by atoms with Crippen LogP contribution in [0.4, 0.5) is 0 Å². The first-order chi connectivity index (χ1) is 9.06. The lowest BCUT2D eigenvalue weighted by atomic mass is 10.1. The molecule has 5 nitrogen and oxygen atoms in total. The van der Waals surface area contributed by atoms with Crippen molar-refractivity contribution in [2.24, 2.45) is 11.7 Å². The molecule has 0 bridgehead atoms. The van der Waals surface area contributed by atoms with Gasteiger partial charge in [0, 0.05) is 18.8 Å². The first-order valence-electron chi connectivity index (χ1n) is 6.73. The average Bonchev–Trinajstić information content (AvgIpc) is 3.21. The van der Waals surface area contributed by atoms with Gasteiger partial charge < -0.3 is 5.73 Å². The fourth-order valence-corrected chi connectivity index (χ4v) is 3.69. The normalized spacial score (nSPS) is 17.4. The maximum absolute atomic E-state index is 12.4. The molecule has 1 saturated carbocycles. The van der Waals surface area contributed by atoms with Crippen LogP contribution in [0.2, 0.25) is 0 Å². The molecule has 1 aromatic heterocycles. The van der Waals surface area contributed by atoms with Crippen LogP contribution in [0.1, 0.15) is 38.3 Å². The predicted molar refractivity (Wildman–Crippen MR) is 73.9 cm³/mol. The summed E-state index contributed by atoms with van der Waals surface area (Å²) in [5, 5.41) is 0. The molecule has 3 N–H and O–H groups in total. The van der Waals surface area contributed by atoms with Crippen LogP contribution in [0.3, 0.4) is 0 Å². The van der Waals surface area contributed by atoms with Crippen LogP contribution in [0.5, 0.6) is 0 Å². The van der Waals surface area contributed by atoms with Crippen molar-refractivity contribution < 1.29 is 8.42 Å². The van der Waals surface area contributed by atoms with Gasteiger partial charge >= 0.3 is 0 Å². The largest absolute Gasteiger partial charge is 0.325 e. The molecule has 1 aromatic rings. The topological polar surface area (TPSA) is 85.1 Å². The van der Waals surface area contributed by atoms with Crippen LogP contribution >= 0.6 is 0 Å². The van der Waals surface area contributed by atoms with Crippen LogP contribution in [-0.2, 0) is 16.6 Å². The molecule has 106 valence electrons. The van der Waals surface area contributed by atoms with E-state index in [1.165, 1.54) is 12.8 Å². The summed E-state index contributed by atoms with van der Waals surface area (Å²) >= 11 is 0. The van der Waals surface area contributed by atoms with Crippen molar-refractivity contribution in [2.45, 2.75) is 50.1 Å². The van der Waals surface area contributed by atoms with Gasteiger partial charge in [0.05, 0.1) is 5.69 Å². The van der Waals surface area contributed by atoms with Crippen molar-refractivity contribution in [2.75, 3.05) is 0 Å². The van der Waals surface area contributed by atoms with Gasteiger partial charge in [-0.3, -0.25) is 4.98 Å². The molecule has 0 aromatic carbocycles. The van der Waals surface area contributed by atoms with E-state index in [4.69, 9.17) is 5.73 Å². The molecule has 1 heterocycles. The Balaban J connectivity index is 2.15. The summed E-state index contributed by atoms with van der Waals surface area (Å²) in [6.45, 7) is 2.12. The van der Waals surface area contributed by atoms with Gasteiger partial charge in [0.15, 0.2) is 0 Å². The highest BCUT2D eigenvalue weighted by molar-refractivity contribution is 7.89. The van der Waals surface area contributed by atoms with Crippen LogP contribution in [0.15, 0.2) is 23.2 Å². The van der Waals surface area contributed by atoms with Crippen molar-refractivity contribution in [1.29, 1.82) is 0 Å². The van der Waals surface area contributed by atoms with Crippen molar-refractivity contribution in [3.05, 3.63) is 24.0 Å². The molecular weight excluding hydrogens is 262 g/mol. The number of nitrogens with zero attached hydrogens (tertiary/aromatic N) is 1. The van der Waals surface area contributed by atoms with E-state index in [1.54, 1.807) is 18.3 Å². The Kier molecular flexibility index (Phi) is 4.54. The fraction of sp³-hybridized carbons (Fsp3) is 0.615. The van der Waals surface area contributed by atoms with Crippen molar-refractivity contribution >= 4 is 10.0 Å². The van der Waals surface area contributed by atoms with Gasteiger partial charge in [0.1, 0.15) is 4.90 Å². The molecule has 1 fully saturated rings. The summed E-state index contributed by atoms with van der Waals surface area (Å²) in [7, 11) is -3.52. The molecule has 0 amide bonds. The highest BCUT2D eigenvalue weighted by Crippen LogP contribution is 2.34. The number of pyridine rings is 1. The maximum Gasteiger partial charge on any atom is 0.242 e. The van der Waals surface area contributed by atoms with E-state index in [0.717, 1.165) is 12.8 Å². The second-order valence-corrected chi connectivity index (χ2v) is 6.74. The number of hydrogen-bond donors (Lipinski definition) is 2. The summed E-state index contributed by atoms with van der Waals surface area (Å²) in [6, 6.07) is 3.18. The number of rotatable bonds is 7. The Morgan fingerprint density at radius 2 is 2.26 bits per heavy atom. The standard InChI is InChI=1S/C13H21N3O2S/c1-2-11(8-10-5-6-10)16-19(17,18)13-4-3-7-15-12(13)9-14/h3-4,7,10-11,16H,2,5-6,8-9,14H2,1H3. The molecular formula is C13H21N3O2S. The molecule has 2 rings (SSSR count). The lowest BCUT2D eigenvalue weighted by molar-refractivity contribution is 0.494. The van der Waals surface area contributed by atoms with Crippen LogP contribution < -0.4 is 10.5 Å². The Morgan fingerprint density at radius 1 is 1.53 bits per heavy atom. The van der Waals surface area contributed by atoms with Gasteiger partial charge in [-0.1, -0.05) is 19.8 Å². The maximum atomic E-state index is 12.4. The molecule has 19 heavy (non-hydrogen) atoms. The molecule has 1 unspecified atom stereocenters. The van der Waals surface area contributed by atoms with Gasteiger partial charge in [0.2, 0.25) is 10.0 Å². The van der Waals surface area contributed by atoms with Crippen LogP contribution in [0.25, 0.3) is 0 Å². The van der Waals surface area contributed by atoms with Gasteiger partial charge in [0.25, 0.3) is 0 Å². The molecule has 1 aliphatic carbocycles. The van der Waals surface area contributed by atoms with E-state index < -0.39 is 10.0 Å². The molecule has 6 heteroatoms. The van der Waals surface area contributed by atoms with E-state index in [0.29, 0.717) is 11.6 Å². The summed E-state index contributed by atoms with van der Waals surface area (Å²) in [5.74, 6) is 0.690. The van der Waals surface area contributed by atoms with Gasteiger partial charge in [-0.05, 0) is 30.9 Å². The first-order valence-corrected chi connectivity index (χ1v) is 8.21. The Labute approximate surface area is 114 Å². The van der Waals surface area contributed by atoms with Crippen molar-refractivity contribution in [3.63, 3.8) is 0 Å². The molecule has 1 atom stereocenters. The number of nitrogens with one attached hydrogen (secondary N) is 1. The Bertz CT molecular complexity index is 526. The summed E-state index contributed by atoms with van der Waals surface area (Å²) in [5.41, 5.74) is 5.96. The number of sulfonamides is 1. The first kappa shape index (κ1) is 14.4. The smallest absolute Gasteiger partial charge is 0.242 e. The highest BCUT2D eigenvalue weighted by Gasteiger charge is 2.28. The van der Waals surface area contributed by atoms with Crippen molar-refractivity contribution in [3.8, 4) is 0 Å². The van der Waals surface area contributed by atoms with E-state index in [9.17, 15) is 8.42 Å². The molecule has 0 radical (unpaired) electrons. The monoisotopic (exact) mass is 283 g/mol. The van der Waals surface area contributed by atoms with Crippen LogP contribution in [0, 0.1) is 5.92 Å². The van der Waals surface area contributed by atoms with Gasteiger partial charge in [-0.2, -0.15) is 0 Å². The number of aromatic nitrogens is 1. The second-order valence-electron chi connectivity index (χ2n) is 5.06. The van der Waals surface area contributed by atoms with Gasteiger partial charge in [-0.15, -0.1) is 0 Å². The van der Waals surface area contributed by atoms with Gasteiger partial charge in [-0.25, -0.2) is 13.1 Å². The zero-order valence-electron chi connectivity index (χ0n) is 11.2. The predicted octanol–water partition coefficient (Wildman–Crippen LogP) is 1.40. The minimum Gasteiger partial charge on any atom is -0.325 e.